The van der Waals surface area contributed by atoms with E-state index in [9.17, 15) is 0 Å². The molecular weight excluding hydrogens is 1060 g/mol. The molecule has 17 heterocycles. The lowest BCUT2D eigenvalue weighted by atomic mass is 9.88. The number of rotatable bonds is 0. The van der Waals surface area contributed by atoms with Gasteiger partial charge in [0.05, 0.1) is 169 Å². The van der Waals surface area contributed by atoms with Crippen molar-refractivity contribution in [1.82, 2.24) is 0 Å². The third-order valence-electron chi connectivity index (χ3n) is 15.0. The van der Waals surface area contributed by atoms with E-state index in [4.69, 9.17) is 94.7 Å². The van der Waals surface area contributed by atoms with Gasteiger partial charge in [-0.15, -0.1) is 0 Å². The Bertz CT molecular complexity index is 2080. The quantitative estimate of drug-likeness (QED) is 0.171. The average molecular weight is 1150 g/mol. The monoisotopic (exact) mass is 1150 g/mol. The minimum absolute atomic E-state index is 0.400. The van der Waals surface area contributed by atoms with Crippen molar-refractivity contribution >= 4 is 0 Å². The summed E-state index contributed by atoms with van der Waals surface area (Å²) in [5.41, 5.74) is 2.68. The summed E-state index contributed by atoms with van der Waals surface area (Å²) in [5.74, 6) is -0.800. The second kappa shape index (κ2) is 30.5. The molecular formula is C62H84O20. The van der Waals surface area contributed by atoms with Crippen molar-refractivity contribution < 1.29 is 94.7 Å². The number of ether oxygens (including phenoxy) is 20. The van der Waals surface area contributed by atoms with Crippen LogP contribution in [-0.4, -0.2) is 185 Å². The largest absolute Gasteiger partial charge is 0.491 e. The molecule has 21 rings (SSSR count). The van der Waals surface area contributed by atoms with Crippen molar-refractivity contribution in [3.05, 3.63) is 119 Å². The van der Waals surface area contributed by atoms with E-state index in [0.29, 0.717) is 185 Å². The van der Waals surface area contributed by atoms with Gasteiger partial charge >= 0.3 is 0 Å². The summed E-state index contributed by atoms with van der Waals surface area (Å²) >= 11 is 0. The maximum Gasteiger partial charge on any atom is 0.191 e. The molecule has 2 spiro atoms. The van der Waals surface area contributed by atoms with E-state index in [0.717, 1.165) is 45.3 Å². The molecule has 17 aliphatic heterocycles. The van der Waals surface area contributed by atoms with Crippen LogP contribution >= 0.6 is 0 Å². The van der Waals surface area contributed by atoms with Gasteiger partial charge in [0, 0.05) is 22.3 Å². The van der Waals surface area contributed by atoms with Crippen molar-refractivity contribution in [2.24, 2.45) is 10.8 Å². The summed E-state index contributed by atoms with van der Waals surface area (Å²) < 4.78 is 120. The van der Waals surface area contributed by atoms with E-state index in [1.54, 1.807) is 0 Å². The van der Waals surface area contributed by atoms with Crippen molar-refractivity contribution in [3.63, 3.8) is 0 Å². The van der Waals surface area contributed by atoms with Gasteiger partial charge in [-0.25, -0.2) is 0 Å². The Balaban J connectivity index is 0.677. The van der Waals surface area contributed by atoms with Crippen LogP contribution in [0.5, 0.6) is 23.0 Å². The summed E-state index contributed by atoms with van der Waals surface area (Å²) in [6, 6.07) is 30.9. The maximum absolute atomic E-state index is 6.39. The molecule has 20 nitrogen and oxygen atoms in total. The Morgan fingerprint density at radius 3 is 0.512 bits per heavy atom. The van der Waals surface area contributed by atoms with Gasteiger partial charge in [0.2, 0.25) is 0 Å². The normalized spacial score (nSPS) is 31.2. The molecule has 452 valence electrons. The fourth-order valence-electron chi connectivity index (χ4n) is 9.47. The smallest absolute Gasteiger partial charge is 0.191 e. The first kappa shape index (κ1) is 62.0. The van der Waals surface area contributed by atoms with Gasteiger partial charge < -0.3 is 94.7 Å². The molecule has 4 aromatic rings. The first-order valence-electron chi connectivity index (χ1n) is 28.6. The molecule has 0 saturated carbocycles. The maximum atomic E-state index is 6.39. The Labute approximate surface area is 482 Å². The van der Waals surface area contributed by atoms with E-state index in [1.807, 2.05) is 125 Å². The van der Waals surface area contributed by atoms with Gasteiger partial charge in [-0.1, -0.05) is 0 Å². The van der Waals surface area contributed by atoms with Crippen LogP contribution in [0.25, 0.3) is 0 Å². The third-order valence-corrected chi connectivity index (χ3v) is 15.0. The van der Waals surface area contributed by atoms with E-state index < -0.39 is 34.0 Å². The molecule has 0 aliphatic carbocycles. The van der Waals surface area contributed by atoms with E-state index in [2.05, 4.69) is 0 Å². The fourth-order valence-corrected chi connectivity index (χ4v) is 9.47. The van der Waals surface area contributed by atoms with Crippen LogP contribution in [0.2, 0.25) is 0 Å². The molecule has 0 unspecified atom stereocenters. The van der Waals surface area contributed by atoms with Crippen LogP contribution in [0.3, 0.4) is 0 Å². The zero-order valence-corrected chi connectivity index (χ0v) is 48.2. The summed E-state index contributed by atoms with van der Waals surface area (Å²) in [6.07, 6.45) is 0. The first-order valence-corrected chi connectivity index (χ1v) is 28.6. The highest BCUT2D eigenvalue weighted by Gasteiger charge is 2.51. The van der Waals surface area contributed by atoms with Gasteiger partial charge in [0.15, 0.2) is 23.1 Å². The Kier molecular flexibility index (Phi) is 23.1. The zero-order valence-electron chi connectivity index (χ0n) is 48.2. The molecule has 0 radical (unpaired) electrons. The molecule has 0 atom stereocenters. The van der Waals surface area contributed by atoms with Gasteiger partial charge in [-0.2, -0.15) is 0 Å². The van der Waals surface area contributed by atoms with Gasteiger partial charge in [-0.05, 0) is 125 Å². The molecule has 0 aromatic heterocycles. The van der Waals surface area contributed by atoms with Crippen LogP contribution in [0.4, 0.5) is 0 Å². The predicted molar refractivity (Wildman–Crippen MR) is 296 cm³/mol. The highest BCUT2D eigenvalue weighted by molar-refractivity contribution is 5.33. The van der Waals surface area contributed by atoms with Crippen LogP contribution < -0.4 is 18.9 Å². The topological polar surface area (TPSA) is 185 Å². The Hall–Kier alpha value is -4.56. The molecule has 17 aliphatic rings. The number of hydrogen-bond acceptors (Lipinski definition) is 20. The van der Waals surface area contributed by atoms with Gasteiger partial charge in [-0.3, -0.25) is 0 Å². The average Bonchev–Trinajstić information content (AvgIpc) is 3.70. The van der Waals surface area contributed by atoms with Crippen LogP contribution in [0.1, 0.15) is 49.9 Å². The predicted octanol–water partition coefficient (Wildman–Crippen LogP) is 7.30. The Morgan fingerprint density at radius 2 is 0.354 bits per heavy atom. The molecule has 14 bridgehead atoms. The van der Waals surface area contributed by atoms with Crippen LogP contribution in [0, 0.1) is 10.8 Å². The van der Waals surface area contributed by atoms with Gasteiger partial charge in [0.25, 0.3) is 0 Å². The lowest BCUT2D eigenvalue weighted by molar-refractivity contribution is -0.369. The minimum Gasteiger partial charge on any atom is -0.491 e. The molecule has 82 heavy (non-hydrogen) atoms. The SMILES string of the molecule is CC12OCC3(CO1)COC(C)(OC3)c1ccc(cc1)OCCOCCOCCOCCOCCOc1ccc(cc1)C1(C)OCC3(COC(C)(OC3)c3ccc(cc3)OCCOCCOCCOCCOCCOc3ccc2cc3)CO1. The number of benzene rings is 4. The summed E-state index contributed by atoms with van der Waals surface area (Å²) in [7, 11) is 0. The lowest BCUT2D eigenvalue weighted by Crippen LogP contribution is -2.56. The van der Waals surface area contributed by atoms with E-state index in [-0.39, 0.29) is 0 Å². The summed E-state index contributed by atoms with van der Waals surface area (Å²) in [6.45, 7) is 19.8. The number of hydrogen-bond donors (Lipinski definition) is 0. The molecule has 4 aromatic carbocycles. The summed E-state index contributed by atoms with van der Waals surface area (Å²) in [5, 5.41) is 0. The fraction of sp³-hybridized carbons (Fsp3) is 0.613. The van der Waals surface area contributed by atoms with Crippen LogP contribution in [0.15, 0.2) is 97.1 Å². The molecule has 0 amide bonds. The molecule has 4 fully saturated rings. The van der Waals surface area contributed by atoms with E-state index in [1.165, 1.54) is 0 Å². The Morgan fingerprint density at radius 1 is 0.207 bits per heavy atom. The van der Waals surface area contributed by atoms with Crippen molar-refractivity contribution in [3.8, 4) is 23.0 Å². The standard InChI is InChI=1S/C62H84O20/c1-57-49-5-13-53(14-6-49)71-37-33-67-29-25-63-21-22-64-26-31-69-35-39-73-55-17-9-51(10-18-55)59(3)79-45-62(46-80-59)47-81-60(4,82-48-62)52-11-19-56(20-12-52)74-40-36-70-32-28-66-24-23-65-27-30-68-34-38-72-54-15-7-50(8-16-54)58(2)77-43-61(41-75-57,42-76-57)44-78-58/h5-20H,21-48H2,1-4H3. The van der Waals surface area contributed by atoms with Crippen molar-refractivity contribution in [2.45, 2.75) is 50.8 Å². The van der Waals surface area contributed by atoms with Crippen LogP contribution in [-0.2, 0) is 98.9 Å². The first-order chi connectivity index (χ1) is 40.0. The highest BCUT2D eigenvalue weighted by atomic mass is 16.7. The molecule has 4 saturated heterocycles. The lowest BCUT2D eigenvalue weighted by Gasteiger charge is -2.49. The van der Waals surface area contributed by atoms with Crippen molar-refractivity contribution in [2.75, 3.05) is 185 Å². The second-order valence-electron chi connectivity index (χ2n) is 21.5. The highest BCUT2D eigenvalue weighted by Crippen LogP contribution is 2.45. The molecule has 0 N–H and O–H groups in total. The second-order valence-corrected chi connectivity index (χ2v) is 21.5. The third kappa shape index (κ3) is 17.8. The summed E-state index contributed by atoms with van der Waals surface area (Å²) in [4.78, 5) is 0. The zero-order chi connectivity index (χ0) is 56.9. The minimum atomic E-state index is -0.924. The molecule has 20 heteroatoms. The van der Waals surface area contributed by atoms with Crippen molar-refractivity contribution in [1.29, 1.82) is 0 Å². The van der Waals surface area contributed by atoms with Gasteiger partial charge in [0.1, 0.15) is 49.4 Å². The van der Waals surface area contributed by atoms with E-state index >= 15 is 0 Å².